The van der Waals surface area contributed by atoms with E-state index in [1.807, 2.05) is 44.2 Å². The van der Waals surface area contributed by atoms with Gasteiger partial charge in [-0.05, 0) is 71.2 Å². The highest BCUT2D eigenvalue weighted by Gasteiger charge is 2.06. The Morgan fingerprint density at radius 2 is 1.86 bits per heavy atom. The fourth-order valence-electron chi connectivity index (χ4n) is 1.92. The predicted molar refractivity (Wildman–Crippen MR) is 92.2 cm³/mol. The lowest BCUT2D eigenvalue weighted by atomic mass is 10.2. The van der Waals surface area contributed by atoms with Gasteiger partial charge in [0.1, 0.15) is 0 Å². The van der Waals surface area contributed by atoms with E-state index >= 15 is 0 Å². The lowest BCUT2D eigenvalue weighted by Gasteiger charge is -2.11. The number of carbonyl (C=O) groups excluding carboxylic acids is 1. The number of anilines is 2. The van der Waals surface area contributed by atoms with Crippen LogP contribution < -0.4 is 10.6 Å². The van der Waals surface area contributed by atoms with Gasteiger partial charge in [-0.3, -0.25) is 4.79 Å². The van der Waals surface area contributed by atoms with Crippen molar-refractivity contribution in [1.82, 2.24) is 0 Å². The molecule has 0 aliphatic rings. The van der Waals surface area contributed by atoms with E-state index in [1.165, 1.54) is 0 Å². The average molecular weight is 368 g/mol. The van der Waals surface area contributed by atoms with Crippen molar-refractivity contribution in [1.29, 1.82) is 0 Å². The van der Waals surface area contributed by atoms with Crippen LogP contribution in [0.4, 0.5) is 11.4 Å². The summed E-state index contributed by atoms with van der Waals surface area (Å²) in [7, 11) is 0. The van der Waals surface area contributed by atoms with Gasteiger partial charge in [0.25, 0.3) is 0 Å². The number of hydrogen-bond acceptors (Lipinski definition) is 2. The number of benzene rings is 2. The third-order valence-corrected chi connectivity index (χ3v) is 3.92. The molecule has 0 aromatic heterocycles. The SMILES string of the molecule is Cc1ccc(NC(=O)CNc2ccc(Cl)cc2C)c(Br)c1. The molecule has 2 rings (SSSR count). The molecule has 110 valence electrons. The molecule has 0 spiro atoms. The van der Waals surface area contributed by atoms with Crippen molar-refractivity contribution < 1.29 is 4.79 Å². The minimum atomic E-state index is -0.103. The molecule has 1 amide bonds. The fraction of sp³-hybridized carbons (Fsp3) is 0.188. The Bertz CT molecular complexity index is 673. The fourth-order valence-corrected chi connectivity index (χ4v) is 2.74. The molecular weight excluding hydrogens is 352 g/mol. The zero-order chi connectivity index (χ0) is 15.4. The first-order valence-corrected chi connectivity index (χ1v) is 7.69. The summed E-state index contributed by atoms with van der Waals surface area (Å²) < 4.78 is 0.874. The van der Waals surface area contributed by atoms with Crippen molar-refractivity contribution in [3.8, 4) is 0 Å². The summed E-state index contributed by atoms with van der Waals surface area (Å²) in [5, 5.41) is 6.66. The van der Waals surface area contributed by atoms with E-state index < -0.39 is 0 Å². The van der Waals surface area contributed by atoms with E-state index in [0.29, 0.717) is 5.02 Å². The Kier molecular flexibility index (Phi) is 5.26. The Labute approximate surface area is 137 Å². The molecule has 0 saturated carbocycles. The first-order chi connectivity index (χ1) is 9.95. The van der Waals surface area contributed by atoms with Gasteiger partial charge in [-0.2, -0.15) is 0 Å². The minimum Gasteiger partial charge on any atom is -0.376 e. The molecule has 0 atom stereocenters. The maximum atomic E-state index is 12.0. The van der Waals surface area contributed by atoms with E-state index in [4.69, 9.17) is 11.6 Å². The molecule has 0 saturated heterocycles. The van der Waals surface area contributed by atoms with Gasteiger partial charge in [-0.25, -0.2) is 0 Å². The highest BCUT2D eigenvalue weighted by Crippen LogP contribution is 2.23. The lowest BCUT2D eigenvalue weighted by Crippen LogP contribution is -2.22. The molecule has 2 aromatic rings. The molecule has 21 heavy (non-hydrogen) atoms. The number of hydrogen-bond donors (Lipinski definition) is 2. The average Bonchev–Trinajstić information content (AvgIpc) is 2.41. The van der Waals surface area contributed by atoms with E-state index in [9.17, 15) is 4.79 Å². The van der Waals surface area contributed by atoms with E-state index in [1.54, 1.807) is 6.07 Å². The predicted octanol–water partition coefficient (Wildman–Crippen LogP) is 4.77. The monoisotopic (exact) mass is 366 g/mol. The van der Waals surface area contributed by atoms with Crippen LogP contribution in [-0.2, 0) is 4.79 Å². The van der Waals surface area contributed by atoms with Gasteiger partial charge >= 0.3 is 0 Å². The van der Waals surface area contributed by atoms with Crippen molar-refractivity contribution in [3.05, 3.63) is 57.0 Å². The van der Waals surface area contributed by atoms with Gasteiger partial charge in [-0.15, -0.1) is 0 Å². The summed E-state index contributed by atoms with van der Waals surface area (Å²) in [4.78, 5) is 12.0. The van der Waals surface area contributed by atoms with Gasteiger partial charge < -0.3 is 10.6 Å². The van der Waals surface area contributed by atoms with Crippen LogP contribution in [0.3, 0.4) is 0 Å². The van der Waals surface area contributed by atoms with Crippen LogP contribution in [0.2, 0.25) is 5.02 Å². The molecule has 2 aromatic carbocycles. The van der Waals surface area contributed by atoms with Crippen molar-refractivity contribution >= 4 is 44.8 Å². The Balaban J connectivity index is 1.96. The normalized spacial score (nSPS) is 10.3. The largest absolute Gasteiger partial charge is 0.376 e. The second-order valence-electron chi connectivity index (χ2n) is 4.84. The molecule has 0 radical (unpaired) electrons. The van der Waals surface area contributed by atoms with E-state index in [-0.39, 0.29) is 12.5 Å². The Hall–Kier alpha value is -1.52. The quantitative estimate of drug-likeness (QED) is 0.817. The number of carbonyl (C=O) groups is 1. The molecule has 0 heterocycles. The lowest BCUT2D eigenvalue weighted by molar-refractivity contribution is -0.114. The molecule has 0 fully saturated rings. The summed E-state index contributed by atoms with van der Waals surface area (Å²) >= 11 is 9.35. The van der Waals surface area contributed by atoms with Crippen LogP contribution in [0.5, 0.6) is 0 Å². The molecule has 0 aliphatic heterocycles. The van der Waals surface area contributed by atoms with Crippen LogP contribution in [0.15, 0.2) is 40.9 Å². The summed E-state index contributed by atoms with van der Waals surface area (Å²) in [6, 6.07) is 11.3. The molecule has 0 unspecified atom stereocenters. The van der Waals surface area contributed by atoms with Crippen LogP contribution in [0, 0.1) is 13.8 Å². The molecule has 3 nitrogen and oxygen atoms in total. The molecule has 0 aliphatic carbocycles. The van der Waals surface area contributed by atoms with Crippen molar-refractivity contribution in [2.75, 3.05) is 17.2 Å². The smallest absolute Gasteiger partial charge is 0.243 e. The number of amides is 1. The number of halogens is 2. The van der Waals surface area contributed by atoms with Gasteiger partial charge in [0.05, 0.1) is 12.2 Å². The van der Waals surface area contributed by atoms with E-state index in [2.05, 4.69) is 26.6 Å². The molecule has 2 N–H and O–H groups in total. The standard InChI is InChI=1S/C16H16BrClN2O/c1-10-3-5-15(13(17)7-10)20-16(21)9-19-14-6-4-12(18)8-11(14)2/h3-8,19H,9H2,1-2H3,(H,20,21). The van der Waals surface area contributed by atoms with Crippen molar-refractivity contribution in [3.63, 3.8) is 0 Å². The Morgan fingerprint density at radius 3 is 2.52 bits per heavy atom. The van der Waals surface area contributed by atoms with Gasteiger partial charge in [0, 0.05) is 15.2 Å². The third kappa shape index (κ3) is 4.48. The first kappa shape index (κ1) is 15.9. The van der Waals surface area contributed by atoms with Crippen molar-refractivity contribution in [2.24, 2.45) is 0 Å². The van der Waals surface area contributed by atoms with Gasteiger partial charge in [0.2, 0.25) is 5.91 Å². The van der Waals surface area contributed by atoms with Gasteiger partial charge in [-0.1, -0.05) is 17.7 Å². The highest BCUT2D eigenvalue weighted by molar-refractivity contribution is 9.10. The van der Waals surface area contributed by atoms with Crippen LogP contribution in [0.1, 0.15) is 11.1 Å². The maximum Gasteiger partial charge on any atom is 0.243 e. The second-order valence-corrected chi connectivity index (χ2v) is 6.14. The highest BCUT2D eigenvalue weighted by atomic mass is 79.9. The van der Waals surface area contributed by atoms with Crippen LogP contribution >= 0.6 is 27.5 Å². The van der Waals surface area contributed by atoms with Gasteiger partial charge in [0.15, 0.2) is 0 Å². The first-order valence-electron chi connectivity index (χ1n) is 6.52. The van der Waals surface area contributed by atoms with E-state index in [0.717, 1.165) is 27.0 Å². The van der Waals surface area contributed by atoms with Crippen LogP contribution in [0.25, 0.3) is 0 Å². The molecular formula is C16H16BrClN2O. The second kappa shape index (κ2) is 6.96. The molecule has 5 heteroatoms. The minimum absolute atomic E-state index is 0.103. The number of aryl methyl sites for hydroxylation is 2. The van der Waals surface area contributed by atoms with Crippen molar-refractivity contribution in [2.45, 2.75) is 13.8 Å². The summed E-state index contributed by atoms with van der Waals surface area (Å²) in [6.45, 7) is 4.15. The maximum absolute atomic E-state index is 12.0. The summed E-state index contributed by atoms with van der Waals surface area (Å²) in [6.07, 6.45) is 0. The zero-order valence-electron chi connectivity index (χ0n) is 11.8. The topological polar surface area (TPSA) is 41.1 Å². The Morgan fingerprint density at radius 1 is 1.14 bits per heavy atom. The summed E-state index contributed by atoms with van der Waals surface area (Å²) in [5.74, 6) is -0.103. The number of nitrogens with one attached hydrogen (secondary N) is 2. The molecule has 0 bridgehead atoms. The van der Waals surface area contributed by atoms with Crippen LogP contribution in [-0.4, -0.2) is 12.5 Å². The summed E-state index contributed by atoms with van der Waals surface area (Å²) in [5.41, 5.74) is 3.80. The number of rotatable bonds is 4. The third-order valence-electron chi connectivity index (χ3n) is 3.03. The zero-order valence-corrected chi connectivity index (χ0v) is 14.2.